The van der Waals surface area contributed by atoms with Gasteiger partial charge in [-0.1, -0.05) is 17.7 Å². The van der Waals surface area contributed by atoms with Gasteiger partial charge in [-0.05, 0) is 44.5 Å². The molecule has 0 spiro atoms. The summed E-state index contributed by atoms with van der Waals surface area (Å²) in [5.74, 6) is -1.09. The lowest BCUT2D eigenvalue weighted by molar-refractivity contribution is -0.124. The van der Waals surface area contributed by atoms with Crippen LogP contribution < -0.4 is 10.6 Å². The van der Waals surface area contributed by atoms with Gasteiger partial charge in [-0.3, -0.25) is 4.79 Å². The molecule has 1 aliphatic carbocycles. The second-order valence-electron chi connectivity index (χ2n) is 6.57. The van der Waals surface area contributed by atoms with E-state index in [0.29, 0.717) is 30.1 Å². The van der Waals surface area contributed by atoms with Gasteiger partial charge in [-0.25, -0.2) is 12.8 Å². The van der Waals surface area contributed by atoms with Crippen LogP contribution in [0, 0.1) is 5.82 Å². The monoisotopic (exact) mass is 410 g/mol. The predicted octanol–water partition coefficient (Wildman–Crippen LogP) is 2.04. The molecule has 1 aliphatic heterocycles. The summed E-state index contributed by atoms with van der Waals surface area (Å²) >= 11 is 6.06. The zero-order chi connectivity index (χ0) is 17.5. The Kier molecular flexibility index (Phi) is 6.03. The molecule has 0 radical (unpaired) electrons. The van der Waals surface area contributed by atoms with Gasteiger partial charge < -0.3 is 10.6 Å². The van der Waals surface area contributed by atoms with Crippen molar-refractivity contribution in [2.24, 2.45) is 0 Å². The molecule has 2 fully saturated rings. The van der Waals surface area contributed by atoms with E-state index in [1.54, 1.807) is 6.07 Å². The molecule has 3 rings (SSSR count). The van der Waals surface area contributed by atoms with Crippen molar-refractivity contribution in [3.8, 4) is 0 Å². The van der Waals surface area contributed by atoms with Crippen LogP contribution in [0.5, 0.6) is 0 Å². The summed E-state index contributed by atoms with van der Waals surface area (Å²) in [7, 11) is -3.56. The second-order valence-corrected chi connectivity index (χ2v) is 9.31. The van der Waals surface area contributed by atoms with E-state index >= 15 is 0 Å². The van der Waals surface area contributed by atoms with Gasteiger partial charge in [0.05, 0.1) is 0 Å². The van der Waals surface area contributed by atoms with E-state index < -0.39 is 26.3 Å². The fourth-order valence-electron chi connectivity index (χ4n) is 3.44. The fourth-order valence-corrected chi connectivity index (χ4v) is 5.08. The van der Waals surface area contributed by atoms with E-state index in [2.05, 4.69) is 10.6 Å². The van der Waals surface area contributed by atoms with Crippen molar-refractivity contribution in [1.82, 2.24) is 10.6 Å². The Hall–Kier alpha value is -0.890. The van der Waals surface area contributed by atoms with Gasteiger partial charge in [0.25, 0.3) is 0 Å². The van der Waals surface area contributed by atoms with Gasteiger partial charge in [-0.2, -0.15) is 0 Å². The zero-order valence-electron chi connectivity index (χ0n) is 13.7. The van der Waals surface area contributed by atoms with Crippen molar-refractivity contribution >= 4 is 39.8 Å². The number of sulfone groups is 1. The van der Waals surface area contributed by atoms with Crippen LogP contribution in [0.15, 0.2) is 18.2 Å². The number of nitrogens with one attached hydrogen (secondary N) is 2. The first-order chi connectivity index (χ1) is 11.3. The van der Waals surface area contributed by atoms with Gasteiger partial charge in [0.2, 0.25) is 5.91 Å². The molecule has 1 amide bonds. The first-order valence-corrected chi connectivity index (χ1v) is 10.2. The van der Waals surface area contributed by atoms with E-state index in [4.69, 9.17) is 11.6 Å². The lowest BCUT2D eigenvalue weighted by atomic mass is 9.95. The SMILES string of the molecule is CS(=O)(=O)C1(C(=O)NC2CC2c2c(F)cccc2Cl)CCNCC1.Cl. The largest absolute Gasteiger partial charge is 0.351 e. The van der Waals surface area contributed by atoms with Gasteiger partial charge in [-0.15, -0.1) is 12.4 Å². The number of hydrogen-bond donors (Lipinski definition) is 2. The molecule has 2 atom stereocenters. The smallest absolute Gasteiger partial charge is 0.241 e. The molecule has 1 saturated carbocycles. The van der Waals surface area contributed by atoms with E-state index in [-0.39, 0.29) is 37.2 Å². The highest BCUT2D eigenvalue weighted by Gasteiger charge is 2.51. The molecule has 2 N–H and O–H groups in total. The molecule has 1 aromatic carbocycles. The van der Waals surface area contributed by atoms with Crippen LogP contribution in [-0.2, 0) is 14.6 Å². The third kappa shape index (κ3) is 3.79. The fraction of sp³-hybridized carbons (Fsp3) is 0.562. The van der Waals surface area contributed by atoms with Crippen molar-refractivity contribution in [3.63, 3.8) is 0 Å². The maximum Gasteiger partial charge on any atom is 0.241 e. The summed E-state index contributed by atoms with van der Waals surface area (Å²) < 4.78 is 37.1. The minimum atomic E-state index is -3.56. The number of carbonyl (C=O) groups is 1. The molecule has 140 valence electrons. The Bertz CT molecular complexity index is 746. The molecule has 1 saturated heterocycles. The molecule has 5 nitrogen and oxygen atoms in total. The average molecular weight is 411 g/mol. The van der Waals surface area contributed by atoms with Gasteiger partial charge in [0.1, 0.15) is 5.82 Å². The Morgan fingerprint density at radius 3 is 2.56 bits per heavy atom. The van der Waals surface area contributed by atoms with E-state index in [9.17, 15) is 17.6 Å². The number of hydrogen-bond acceptors (Lipinski definition) is 4. The molecular weight excluding hydrogens is 390 g/mol. The lowest BCUT2D eigenvalue weighted by Gasteiger charge is -2.34. The number of benzene rings is 1. The maximum atomic E-state index is 14.0. The van der Waals surface area contributed by atoms with E-state index in [1.165, 1.54) is 12.1 Å². The summed E-state index contributed by atoms with van der Waals surface area (Å²) in [6, 6.07) is 4.20. The van der Waals surface area contributed by atoms with Gasteiger partial charge in [0.15, 0.2) is 14.6 Å². The van der Waals surface area contributed by atoms with Crippen LogP contribution in [0.3, 0.4) is 0 Å². The topological polar surface area (TPSA) is 75.3 Å². The van der Waals surface area contributed by atoms with E-state index in [1.807, 2.05) is 0 Å². The molecule has 25 heavy (non-hydrogen) atoms. The summed E-state index contributed by atoms with van der Waals surface area (Å²) in [6.45, 7) is 0.960. The standard InChI is InChI=1S/C16H20ClFN2O3S.ClH/c1-24(22,23)16(5-7-19-8-6-16)15(21)20-13-9-10(13)14-11(17)3-2-4-12(14)18;/h2-4,10,13,19H,5-9H2,1H3,(H,20,21);1H. The maximum absolute atomic E-state index is 14.0. The third-order valence-electron chi connectivity index (χ3n) is 5.01. The molecule has 1 heterocycles. The third-order valence-corrected chi connectivity index (χ3v) is 7.36. The summed E-state index contributed by atoms with van der Waals surface area (Å²) in [6.07, 6.45) is 2.16. The molecule has 0 bridgehead atoms. The molecule has 2 unspecified atom stereocenters. The molecule has 9 heteroatoms. The summed E-state index contributed by atoms with van der Waals surface area (Å²) in [4.78, 5) is 12.7. The Morgan fingerprint density at radius 1 is 1.36 bits per heavy atom. The van der Waals surface area contributed by atoms with Crippen LogP contribution in [-0.4, -0.2) is 44.5 Å². The number of halogens is 3. The molecule has 2 aliphatic rings. The Morgan fingerprint density at radius 2 is 2.00 bits per heavy atom. The van der Waals surface area contributed by atoms with Crippen molar-refractivity contribution in [3.05, 3.63) is 34.6 Å². The number of carbonyl (C=O) groups excluding carboxylic acids is 1. The minimum Gasteiger partial charge on any atom is -0.351 e. The summed E-state index contributed by atoms with van der Waals surface area (Å²) in [5, 5.41) is 6.21. The van der Waals surface area contributed by atoms with Crippen LogP contribution in [0.2, 0.25) is 5.02 Å². The lowest BCUT2D eigenvalue weighted by Crippen LogP contribution is -2.57. The van der Waals surface area contributed by atoms with Crippen LogP contribution in [0.1, 0.15) is 30.7 Å². The van der Waals surface area contributed by atoms with Gasteiger partial charge >= 0.3 is 0 Å². The second kappa shape index (κ2) is 7.39. The van der Waals surface area contributed by atoms with Crippen LogP contribution in [0.4, 0.5) is 4.39 Å². The van der Waals surface area contributed by atoms with Crippen molar-refractivity contribution in [2.45, 2.75) is 36.0 Å². The van der Waals surface area contributed by atoms with E-state index in [0.717, 1.165) is 6.26 Å². The van der Waals surface area contributed by atoms with Crippen molar-refractivity contribution in [1.29, 1.82) is 0 Å². The van der Waals surface area contributed by atoms with Gasteiger partial charge in [0, 0.05) is 28.8 Å². The first kappa shape index (κ1) is 20.4. The number of amides is 1. The number of rotatable bonds is 4. The highest BCUT2D eigenvalue weighted by Crippen LogP contribution is 2.45. The minimum absolute atomic E-state index is 0. The molecule has 1 aromatic rings. The highest BCUT2D eigenvalue weighted by atomic mass is 35.5. The highest BCUT2D eigenvalue weighted by molar-refractivity contribution is 7.92. The van der Waals surface area contributed by atoms with Crippen molar-refractivity contribution in [2.75, 3.05) is 19.3 Å². The normalized spacial score (nSPS) is 24.9. The molecule has 0 aromatic heterocycles. The predicted molar refractivity (Wildman–Crippen MR) is 97.6 cm³/mol. The quantitative estimate of drug-likeness (QED) is 0.795. The number of piperidine rings is 1. The zero-order valence-corrected chi connectivity index (χ0v) is 16.1. The Labute approximate surface area is 158 Å². The van der Waals surface area contributed by atoms with Crippen LogP contribution in [0.25, 0.3) is 0 Å². The van der Waals surface area contributed by atoms with Crippen molar-refractivity contribution < 1.29 is 17.6 Å². The average Bonchev–Trinajstić information content (AvgIpc) is 3.25. The summed E-state index contributed by atoms with van der Waals surface area (Å²) in [5.41, 5.74) is 0.392. The first-order valence-electron chi connectivity index (χ1n) is 7.91. The Balaban J connectivity index is 0.00000225. The molecular formula is C16H21Cl2FN2O3S. The van der Waals surface area contributed by atoms with Crippen LogP contribution >= 0.6 is 24.0 Å².